The van der Waals surface area contributed by atoms with Crippen LogP contribution in [0.1, 0.15) is 0 Å². The summed E-state index contributed by atoms with van der Waals surface area (Å²) < 4.78 is 25.7. The predicted octanol–water partition coefficient (Wildman–Crippen LogP) is -7.79. The third-order valence-corrected chi connectivity index (χ3v) is 0. The van der Waals surface area contributed by atoms with E-state index in [9.17, 15) is 0 Å². The zero-order chi connectivity index (χ0) is 5.58. The Labute approximate surface area is 116 Å². The van der Waals surface area contributed by atoms with Gasteiger partial charge in [0.25, 0.3) is 21.1 Å². The maximum atomic E-state index is 8.57. The van der Waals surface area contributed by atoms with Crippen molar-refractivity contribution in [2.45, 2.75) is 0 Å². The van der Waals surface area contributed by atoms with Crippen LogP contribution in [0.3, 0.4) is 0 Å². The van der Waals surface area contributed by atoms with Gasteiger partial charge in [-0.05, 0) is 0 Å². The van der Waals surface area contributed by atoms with Crippen molar-refractivity contribution in [2.75, 3.05) is 0 Å². The predicted molar refractivity (Wildman–Crippen MR) is 28.0 cm³/mol. The van der Waals surface area contributed by atoms with Gasteiger partial charge in [-0.2, -0.15) is 0 Å². The summed E-state index contributed by atoms with van der Waals surface area (Å²) in [5.74, 6) is 0. The van der Waals surface area contributed by atoms with E-state index in [1.54, 1.807) is 0 Å². The Balaban J connectivity index is -0.0000000480. The summed E-state index contributed by atoms with van der Waals surface area (Å²) in [6.07, 6.45) is 0. The topological polar surface area (TPSA) is 69.2 Å². The van der Waals surface area contributed by atoms with Gasteiger partial charge >= 0.3 is 51.4 Å². The van der Waals surface area contributed by atoms with E-state index < -0.39 is 21.1 Å². The van der Waals surface area contributed by atoms with Crippen LogP contribution >= 0.6 is 37.2 Å². The van der Waals surface area contributed by atoms with E-state index >= 15 is 0 Å². The average Bonchev–Trinajstić information content (AvgIpc) is 1.41. The molecule has 7 heavy (non-hydrogen) atoms. The van der Waals surface area contributed by atoms with Crippen LogP contribution in [-0.4, -0.2) is 0 Å². The van der Waals surface area contributed by atoms with Crippen molar-refractivity contribution in [3.8, 4) is 0 Å². The summed E-state index contributed by atoms with van der Waals surface area (Å²) in [6, 6.07) is 0. The van der Waals surface area contributed by atoms with E-state index in [0.29, 0.717) is 0 Å². The monoisotopic (exact) mass is 468 g/mol. The second-order valence-corrected chi connectivity index (χ2v) is 1.27. The Morgan fingerprint density at radius 2 is 1.00 bits per heavy atom. The Hall–Kier alpha value is 3.71. The quantitative estimate of drug-likeness (QED) is 0.263. The Morgan fingerprint density at radius 1 is 1.00 bits per heavy atom. The first kappa shape index (κ1) is 17.0. The maximum Gasteiger partial charge on any atom is 1.00 e. The van der Waals surface area contributed by atoms with Crippen LogP contribution in [0.15, 0.2) is 0 Å². The molecule has 0 heterocycles. The van der Waals surface area contributed by atoms with Crippen LogP contribution in [0, 0.1) is 0 Å². The molecule has 40 valence electrons. The van der Waals surface area contributed by atoms with E-state index in [1.807, 2.05) is 0 Å². The molecule has 0 aliphatic rings. The molecule has 0 aromatic carbocycles. The molecule has 0 rings (SSSR count). The van der Waals surface area contributed by atoms with Gasteiger partial charge in [0.15, 0.2) is 0 Å². The first-order valence-corrected chi connectivity index (χ1v) is 9.53. The van der Waals surface area contributed by atoms with Crippen molar-refractivity contribution >= 4 is 37.2 Å². The molecule has 0 bridgehead atoms. The minimum Gasteiger partial charge on any atom is -0.427 e. The van der Waals surface area contributed by atoms with Crippen LogP contribution in [0.25, 0.3) is 0 Å². The molecule has 0 aromatic rings. The van der Waals surface area contributed by atoms with E-state index in [1.165, 1.54) is 0 Å². The molecule has 0 atom stereocenters. The SMILES string of the molecule is II.[K+].[O-][I+2]([O-])[O-]. The molecule has 0 amide bonds. The Morgan fingerprint density at radius 3 is 1.00 bits per heavy atom. The van der Waals surface area contributed by atoms with Crippen molar-refractivity contribution in [1.29, 1.82) is 0 Å². The standard InChI is InChI=1S/I2.IO3.K/c1-2;2-1(3)4;/q;-1;+1. The summed E-state index contributed by atoms with van der Waals surface area (Å²) in [6.45, 7) is 0. The summed E-state index contributed by atoms with van der Waals surface area (Å²) in [5.41, 5.74) is 0. The third-order valence-electron chi connectivity index (χ3n) is 0. The van der Waals surface area contributed by atoms with Gasteiger partial charge in [-0.15, -0.1) is 0 Å². The van der Waals surface area contributed by atoms with Crippen LogP contribution in [0.5, 0.6) is 0 Å². The largest absolute Gasteiger partial charge is 1.00 e. The van der Waals surface area contributed by atoms with Gasteiger partial charge in [0, 0.05) is 37.2 Å². The Bertz CT molecular complexity index is 14.9. The first-order valence-electron chi connectivity index (χ1n) is 0.606. The van der Waals surface area contributed by atoms with Crippen LogP contribution in [0.4, 0.5) is 0 Å². The van der Waals surface area contributed by atoms with E-state index in [0.717, 1.165) is 0 Å². The van der Waals surface area contributed by atoms with Gasteiger partial charge < -0.3 is 10.3 Å². The molecule has 0 radical (unpaired) electrons. The fourth-order valence-electron chi connectivity index (χ4n) is 0. The zero-order valence-electron chi connectivity index (χ0n) is 3.36. The van der Waals surface area contributed by atoms with Crippen molar-refractivity contribution in [3.63, 3.8) is 0 Å². The number of hydrogen-bond donors (Lipinski definition) is 0. The van der Waals surface area contributed by atoms with Crippen molar-refractivity contribution in [3.05, 3.63) is 0 Å². The molecule has 7 heteroatoms. The summed E-state index contributed by atoms with van der Waals surface area (Å²) in [4.78, 5) is 0. The number of halogens is 3. The number of hydrogen-bond acceptors (Lipinski definition) is 3. The van der Waals surface area contributed by atoms with Gasteiger partial charge in [0.1, 0.15) is 0 Å². The molecule has 0 spiro atoms. The molecule has 0 fully saturated rings. The van der Waals surface area contributed by atoms with E-state index in [-0.39, 0.29) is 51.4 Å². The molecule has 0 aliphatic heterocycles. The number of rotatable bonds is 0. The fraction of sp³-hybridized carbons (Fsp3) is 0. The average molecular weight is 468 g/mol. The maximum absolute atomic E-state index is 8.57. The normalized spacial score (nSPS) is 6.00. The minimum absolute atomic E-state index is 0. The van der Waals surface area contributed by atoms with Crippen molar-refractivity contribution in [1.82, 2.24) is 0 Å². The smallest absolute Gasteiger partial charge is 0.427 e. The van der Waals surface area contributed by atoms with Crippen LogP contribution in [-0.2, 0) is 0 Å². The molecule has 0 aromatic heterocycles. The zero-order valence-corrected chi connectivity index (χ0v) is 13.0. The third kappa shape index (κ3) is 42.0. The molecule has 0 N–H and O–H groups in total. The molecule has 0 aliphatic carbocycles. The molecular formula is I3KO3. The van der Waals surface area contributed by atoms with Crippen LogP contribution < -0.4 is 82.8 Å². The fourth-order valence-corrected chi connectivity index (χ4v) is 0. The molecule has 0 saturated heterocycles. The summed E-state index contributed by atoms with van der Waals surface area (Å²) >= 11 is 0.227. The Kier molecular flexibility index (Phi) is 39.7. The van der Waals surface area contributed by atoms with E-state index in [2.05, 4.69) is 37.2 Å². The molecule has 0 unspecified atom stereocenters. The summed E-state index contributed by atoms with van der Waals surface area (Å²) in [5, 5.41) is 0. The minimum atomic E-state index is -4.01. The molecular weight excluding hydrogens is 468 g/mol. The second-order valence-electron chi connectivity index (χ2n) is 0.189. The van der Waals surface area contributed by atoms with E-state index in [4.69, 9.17) is 10.3 Å². The molecule has 3 nitrogen and oxygen atoms in total. The summed E-state index contributed by atoms with van der Waals surface area (Å²) in [7, 11) is 0. The van der Waals surface area contributed by atoms with Gasteiger partial charge in [0.05, 0.1) is 0 Å². The van der Waals surface area contributed by atoms with Crippen molar-refractivity contribution < 1.29 is 82.8 Å². The first-order chi connectivity index (χ1) is 2.73. The van der Waals surface area contributed by atoms with Gasteiger partial charge in [-0.1, -0.05) is 0 Å². The van der Waals surface area contributed by atoms with Gasteiger partial charge in [-0.25, -0.2) is 0 Å². The molecule has 0 saturated carbocycles. The van der Waals surface area contributed by atoms with Crippen molar-refractivity contribution in [2.24, 2.45) is 0 Å². The second kappa shape index (κ2) is 16.4. The van der Waals surface area contributed by atoms with Gasteiger partial charge in [-0.3, -0.25) is 0 Å². The van der Waals surface area contributed by atoms with Crippen LogP contribution in [0.2, 0.25) is 0 Å². The van der Waals surface area contributed by atoms with Gasteiger partial charge in [0.2, 0.25) is 0 Å².